The average molecular weight is 296 g/mol. The van der Waals surface area contributed by atoms with E-state index in [0.717, 1.165) is 17.8 Å². The highest BCUT2D eigenvalue weighted by Crippen LogP contribution is 2.60. The molecule has 21 heavy (non-hydrogen) atoms. The van der Waals surface area contributed by atoms with Crippen molar-refractivity contribution in [1.29, 1.82) is 0 Å². The third kappa shape index (κ3) is 2.43. The van der Waals surface area contributed by atoms with Gasteiger partial charge in [-0.05, 0) is 79.4 Å². The molecule has 1 nitrogen and oxygen atoms in total. The summed E-state index contributed by atoms with van der Waals surface area (Å²) in [5.41, 5.74) is 1.45. The van der Waals surface area contributed by atoms with Crippen LogP contribution >= 0.6 is 0 Å². The van der Waals surface area contributed by atoms with E-state index in [1.165, 1.54) is 56.2 Å². The van der Waals surface area contributed by atoms with E-state index in [1.54, 1.807) is 0 Å². The lowest BCUT2D eigenvalue weighted by Gasteiger charge is -2.57. The summed E-state index contributed by atoms with van der Waals surface area (Å²) in [6, 6.07) is 6.66. The van der Waals surface area contributed by atoms with Crippen LogP contribution in [-0.2, 0) is 5.41 Å². The van der Waals surface area contributed by atoms with Crippen LogP contribution in [0.4, 0.5) is 13.2 Å². The number of hydrogen-bond acceptors (Lipinski definition) is 1. The quantitative estimate of drug-likeness (QED) is 0.742. The molecule has 1 aromatic carbocycles. The highest BCUT2D eigenvalue weighted by Gasteiger charge is 2.51. The van der Waals surface area contributed by atoms with E-state index in [9.17, 15) is 13.2 Å². The van der Waals surface area contributed by atoms with E-state index in [4.69, 9.17) is 0 Å². The van der Waals surface area contributed by atoms with Crippen molar-refractivity contribution in [2.24, 2.45) is 17.8 Å². The molecule has 0 radical (unpaired) electrons. The second-order valence-electron chi connectivity index (χ2n) is 7.27. The van der Waals surface area contributed by atoms with Crippen LogP contribution in [0.25, 0.3) is 0 Å². The fraction of sp³-hybridized carbons (Fsp3) is 0.647. The lowest BCUT2D eigenvalue weighted by molar-refractivity contribution is -0.274. The van der Waals surface area contributed by atoms with Crippen LogP contribution in [0.3, 0.4) is 0 Å². The first kappa shape index (κ1) is 13.5. The van der Waals surface area contributed by atoms with Crippen molar-refractivity contribution in [1.82, 2.24) is 0 Å². The Bertz CT molecular complexity index is 497. The highest BCUT2D eigenvalue weighted by molar-refractivity contribution is 5.34. The number of rotatable bonds is 2. The number of alkyl halides is 3. The molecule has 0 heterocycles. The van der Waals surface area contributed by atoms with Gasteiger partial charge in [0.05, 0.1) is 0 Å². The van der Waals surface area contributed by atoms with Crippen molar-refractivity contribution in [3.63, 3.8) is 0 Å². The number of halogens is 3. The van der Waals surface area contributed by atoms with Gasteiger partial charge in [0.2, 0.25) is 0 Å². The first-order valence-electron chi connectivity index (χ1n) is 7.78. The van der Waals surface area contributed by atoms with E-state index in [2.05, 4.69) is 4.74 Å². The van der Waals surface area contributed by atoms with Gasteiger partial charge in [0.1, 0.15) is 5.75 Å². The molecule has 0 atom stereocenters. The van der Waals surface area contributed by atoms with Crippen molar-refractivity contribution in [2.45, 2.75) is 50.3 Å². The molecule has 1 aromatic rings. The Morgan fingerprint density at radius 2 is 1.33 bits per heavy atom. The van der Waals surface area contributed by atoms with Gasteiger partial charge in [-0.25, -0.2) is 0 Å². The van der Waals surface area contributed by atoms with Gasteiger partial charge in [0, 0.05) is 0 Å². The minimum Gasteiger partial charge on any atom is -0.406 e. The van der Waals surface area contributed by atoms with Crippen LogP contribution in [0.5, 0.6) is 5.75 Å². The maximum absolute atomic E-state index is 12.2. The SMILES string of the molecule is FC(F)(F)Oc1ccc(C23CC4CC(CC(C4)C2)C3)cc1. The van der Waals surface area contributed by atoms with Crippen molar-refractivity contribution in [2.75, 3.05) is 0 Å². The molecule has 114 valence electrons. The Morgan fingerprint density at radius 1 is 0.857 bits per heavy atom. The average Bonchev–Trinajstić information content (AvgIpc) is 2.35. The van der Waals surface area contributed by atoms with Gasteiger partial charge in [0.15, 0.2) is 0 Å². The topological polar surface area (TPSA) is 9.23 Å². The molecule has 5 rings (SSSR count). The fourth-order valence-corrected chi connectivity index (χ4v) is 5.47. The zero-order chi connectivity index (χ0) is 14.7. The summed E-state index contributed by atoms with van der Waals surface area (Å²) < 4.78 is 40.7. The Balaban J connectivity index is 1.59. The molecule has 4 bridgehead atoms. The Labute approximate surface area is 122 Å². The Kier molecular flexibility index (Phi) is 2.82. The molecule has 0 spiro atoms. The summed E-state index contributed by atoms with van der Waals surface area (Å²) in [6.07, 6.45) is 3.16. The smallest absolute Gasteiger partial charge is 0.406 e. The molecule has 0 amide bonds. The van der Waals surface area contributed by atoms with Crippen molar-refractivity contribution in [3.8, 4) is 5.75 Å². The Morgan fingerprint density at radius 3 is 1.76 bits per heavy atom. The Hall–Kier alpha value is -1.19. The van der Waals surface area contributed by atoms with E-state index < -0.39 is 6.36 Å². The predicted molar refractivity (Wildman–Crippen MR) is 73.0 cm³/mol. The first-order valence-corrected chi connectivity index (χ1v) is 7.78. The maximum atomic E-state index is 12.2. The minimum atomic E-state index is -4.61. The van der Waals surface area contributed by atoms with Gasteiger partial charge in [-0.3, -0.25) is 0 Å². The van der Waals surface area contributed by atoms with Gasteiger partial charge in [-0.15, -0.1) is 13.2 Å². The number of benzene rings is 1. The number of ether oxygens (including phenoxy) is 1. The van der Waals surface area contributed by atoms with Crippen molar-refractivity contribution in [3.05, 3.63) is 29.8 Å². The summed E-state index contributed by atoms with van der Waals surface area (Å²) in [6.45, 7) is 0. The zero-order valence-electron chi connectivity index (χ0n) is 11.8. The van der Waals surface area contributed by atoms with Crippen LogP contribution in [0.15, 0.2) is 24.3 Å². The predicted octanol–water partition coefficient (Wildman–Crippen LogP) is 5.05. The zero-order valence-corrected chi connectivity index (χ0v) is 11.8. The van der Waals surface area contributed by atoms with Gasteiger partial charge >= 0.3 is 6.36 Å². The molecule has 4 saturated carbocycles. The van der Waals surface area contributed by atoms with Crippen LogP contribution < -0.4 is 4.74 Å². The summed E-state index contributed by atoms with van der Waals surface area (Å²) in [4.78, 5) is 0. The monoisotopic (exact) mass is 296 g/mol. The van der Waals surface area contributed by atoms with E-state index >= 15 is 0 Å². The molecule has 0 saturated heterocycles. The molecule has 0 unspecified atom stereocenters. The van der Waals surface area contributed by atoms with Gasteiger partial charge < -0.3 is 4.74 Å². The van der Waals surface area contributed by atoms with Crippen LogP contribution in [0.1, 0.15) is 44.1 Å². The molecule has 0 N–H and O–H groups in total. The van der Waals surface area contributed by atoms with Crippen LogP contribution in [0, 0.1) is 17.8 Å². The standard InChI is InChI=1S/C17H19F3O/c18-17(19,20)21-15-3-1-14(2-4-15)16-8-11-5-12(9-16)7-13(6-11)10-16/h1-4,11-13H,5-10H2. The first-order chi connectivity index (χ1) is 9.92. The minimum absolute atomic E-state index is 0.115. The molecule has 4 aliphatic carbocycles. The molecule has 4 aliphatic rings. The second kappa shape index (κ2) is 4.40. The van der Waals surface area contributed by atoms with Crippen LogP contribution in [-0.4, -0.2) is 6.36 Å². The summed E-state index contributed by atoms with van der Waals surface area (Å²) in [5.74, 6) is 2.39. The maximum Gasteiger partial charge on any atom is 0.573 e. The summed E-state index contributed by atoms with van der Waals surface area (Å²) >= 11 is 0. The fourth-order valence-electron chi connectivity index (χ4n) is 5.47. The molecule has 0 aromatic heterocycles. The lowest BCUT2D eigenvalue weighted by atomic mass is 9.48. The van der Waals surface area contributed by atoms with E-state index in [0.29, 0.717) is 0 Å². The summed E-state index contributed by atoms with van der Waals surface area (Å²) in [5, 5.41) is 0. The summed E-state index contributed by atoms with van der Waals surface area (Å²) in [7, 11) is 0. The number of hydrogen-bond donors (Lipinski definition) is 0. The van der Waals surface area contributed by atoms with Crippen molar-refractivity contribution >= 4 is 0 Å². The highest BCUT2D eigenvalue weighted by atomic mass is 19.4. The largest absolute Gasteiger partial charge is 0.573 e. The molecular formula is C17H19F3O. The van der Waals surface area contributed by atoms with Crippen molar-refractivity contribution < 1.29 is 17.9 Å². The second-order valence-corrected chi connectivity index (χ2v) is 7.27. The lowest BCUT2D eigenvalue weighted by Crippen LogP contribution is -2.48. The van der Waals surface area contributed by atoms with Crippen LogP contribution in [0.2, 0.25) is 0 Å². The molecule has 4 heteroatoms. The molecule has 4 fully saturated rings. The van der Waals surface area contributed by atoms with E-state index in [-0.39, 0.29) is 11.2 Å². The van der Waals surface area contributed by atoms with E-state index in [1.807, 2.05) is 12.1 Å². The van der Waals surface area contributed by atoms with Gasteiger partial charge in [0.25, 0.3) is 0 Å². The van der Waals surface area contributed by atoms with Gasteiger partial charge in [-0.1, -0.05) is 12.1 Å². The molecule has 0 aliphatic heterocycles. The molecular weight excluding hydrogens is 277 g/mol. The normalized spacial score (nSPS) is 37.8. The third-order valence-corrected chi connectivity index (χ3v) is 5.74. The third-order valence-electron chi connectivity index (χ3n) is 5.74. The van der Waals surface area contributed by atoms with Gasteiger partial charge in [-0.2, -0.15) is 0 Å².